The Hall–Kier alpha value is -1.86. The van der Waals surface area contributed by atoms with Gasteiger partial charge in [-0.3, -0.25) is 14.6 Å². The van der Waals surface area contributed by atoms with E-state index in [-0.39, 0.29) is 11.9 Å². The average molecular weight is 408 g/mol. The second-order valence-corrected chi connectivity index (χ2v) is 8.56. The maximum absolute atomic E-state index is 12.8. The normalized spacial score (nSPS) is 19.9. The van der Waals surface area contributed by atoms with Crippen LogP contribution in [0.4, 0.5) is 4.79 Å². The zero-order chi connectivity index (χ0) is 19.7. The number of hydrogen-bond donors (Lipinski definition) is 0. The first-order chi connectivity index (χ1) is 12.8. The molecule has 1 fully saturated rings. The van der Waals surface area contributed by atoms with Gasteiger partial charge >= 0.3 is 11.2 Å². The molecule has 1 unspecified atom stereocenters. The Balaban J connectivity index is 1.88. The van der Waals surface area contributed by atoms with Crippen molar-refractivity contribution in [3.8, 4) is 0 Å². The van der Waals surface area contributed by atoms with E-state index in [1.807, 2.05) is 28.8 Å². The third-order valence-corrected chi connectivity index (χ3v) is 6.04. The van der Waals surface area contributed by atoms with Crippen LogP contribution in [0.25, 0.3) is 0 Å². The van der Waals surface area contributed by atoms with Crippen molar-refractivity contribution in [2.45, 2.75) is 32.1 Å². The summed E-state index contributed by atoms with van der Waals surface area (Å²) in [5.41, 5.74) is 1.13. The highest BCUT2D eigenvalue weighted by atomic mass is 35.5. The summed E-state index contributed by atoms with van der Waals surface area (Å²) in [6, 6.07) is 6.83. The summed E-state index contributed by atoms with van der Waals surface area (Å²) in [4.78, 5) is 32.4. The molecule has 2 aliphatic heterocycles. The van der Waals surface area contributed by atoms with E-state index in [0.29, 0.717) is 16.8 Å². The van der Waals surface area contributed by atoms with Crippen molar-refractivity contribution in [1.29, 1.82) is 0 Å². The lowest BCUT2D eigenvalue weighted by molar-refractivity contribution is -0.534. The fourth-order valence-corrected chi connectivity index (χ4v) is 4.18. The molecule has 0 saturated carbocycles. The molecule has 0 bridgehead atoms. The van der Waals surface area contributed by atoms with E-state index >= 15 is 0 Å². The number of carbonyl (C=O) groups excluding carboxylic acids is 2. The number of rotatable bonds is 5. The van der Waals surface area contributed by atoms with Crippen molar-refractivity contribution < 1.29 is 14.2 Å². The van der Waals surface area contributed by atoms with Crippen molar-refractivity contribution in [3.63, 3.8) is 0 Å². The highest BCUT2D eigenvalue weighted by Crippen LogP contribution is 2.25. The Kier molecular flexibility index (Phi) is 5.91. The number of nitrogens with zero attached hydrogens (tertiary/aromatic N) is 4. The summed E-state index contributed by atoms with van der Waals surface area (Å²) in [5, 5.41) is 1.49. The van der Waals surface area contributed by atoms with Crippen molar-refractivity contribution in [1.82, 2.24) is 9.80 Å². The Morgan fingerprint density at radius 3 is 2.48 bits per heavy atom. The van der Waals surface area contributed by atoms with E-state index in [0.717, 1.165) is 29.4 Å². The van der Waals surface area contributed by atoms with Gasteiger partial charge in [0, 0.05) is 24.9 Å². The van der Waals surface area contributed by atoms with Crippen LogP contribution in [0.15, 0.2) is 29.3 Å². The van der Waals surface area contributed by atoms with Crippen molar-refractivity contribution in [2.24, 2.45) is 10.9 Å². The molecular weight excluding hydrogens is 384 g/mol. The largest absolute Gasteiger partial charge is 0.358 e. The third kappa shape index (κ3) is 4.04. The van der Waals surface area contributed by atoms with Crippen molar-refractivity contribution in [3.05, 3.63) is 34.9 Å². The molecule has 27 heavy (non-hydrogen) atoms. The van der Waals surface area contributed by atoms with Crippen LogP contribution in [0.3, 0.4) is 0 Å². The van der Waals surface area contributed by atoms with Crippen LogP contribution < -0.4 is 0 Å². The number of halogens is 1. The van der Waals surface area contributed by atoms with Gasteiger partial charge in [-0.15, -0.1) is 0 Å². The number of carbonyl (C=O) groups is 2. The molecule has 144 valence electrons. The number of aliphatic imine (C=N–C) groups is 1. The van der Waals surface area contributed by atoms with Crippen molar-refractivity contribution in [2.75, 3.05) is 20.6 Å². The minimum absolute atomic E-state index is 0.220. The van der Waals surface area contributed by atoms with Gasteiger partial charge in [0.1, 0.15) is 0 Å². The quantitative estimate of drug-likeness (QED) is 0.704. The highest BCUT2D eigenvalue weighted by Gasteiger charge is 2.52. The van der Waals surface area contributed by atoms with Gasteiger partial charge in [0.05, 0.1) is 6.54 Å². The molecule has 1 atom stereocenters. The number of urea groups is 1. The number of benzene rings is 1. The number of imide groups is 1. The zero-order valence-electron chi connectivity index (χ0n) is 16.0. The topological polar surface area (TPSA) is 56.0 Å². The first kappa shape index (κ1) is 19.9. The summed E-state index contributed by atoms with van der Waals surface area (Å²) < 4.78 is 2.04. The standard InChI is InChI=1S/C19H24ClN4O2S/c1-12(2)9-10-24-15-16(22(3)19(26)23(4)17(15)25)21-18(24)27-11-13-5-7-14(20)8-6-13/h5-8,12,15H,9-11H2,1-4H3/q+1. The lowest BCUT2D eigenvalue weighted by Gasteiger charge is -2.30. The van der Waals surface area contributed by atoms with E-state index in [4.69, 9.17) is 11.6 Å². The molecule has 0 aromatic heterocycles. The molecule has 3 amide bonds. The Bertz CT molecular complexity index is 820. The molecule has 1 aromatic rings. The number of hydrogen-bond acceptors (Lipinski definition) is 4. The molecule has 6 nitrogen and oxygen atoms in total. The Morgan fingerprint density at radius 1 is 1.19 bits per heavy atom. The van der Waals surface area contributed by atoms with Crippen LogP contribution in [-0.2, 0) is 10.5 Å². The molecule has 8 heteroatoms. The third-order valence-electron chi connectivity index (χ3n) is 4.72. The van der Waals surface area contributed by atoms with Crippen LogP contribution in [0, 0.1) is 5.92 Å². The molecule has 0 radical (unpaired) electrons. The molecule has 1 aromatic carbocycles. The van der Waals surface area contributed by atoms with E-state index in [1.54, 1.807) is 18.8 Å². The van der Waals surface area contributed by atoms with Gasteiger partial charge in [-0.1, -0.05) is 37.6 Å². The van der Waals surface area contributed by atoms with Crippen LogP contribution in [-0.4, -0.2) is 64.0 Å². The van der Waals surface area contributed by atoms with E-state index in [1.165, 1.54) is 16.8 Å². The monoisotopic (exact) mass is 407 g/mol. The molecule has 0 N–H and O–H groups in total. The Labute approximate surface area is 168 Å². The van der Waals surface area contributed by atoms with Crippen LogP contribution in [0.5, 0.6) is 0 Å². The van der Waals surface area contributed by atoms with E-state index in [9.17, 15) is 9.59 Å². The zero-order valence-corrected chi connectivity index (χ0v) is 17.5. The van der Waals surface area contributed by atoms with Gasteiger partial charge in [-0.05, 0) is 46.8 Å². The summed E-state index contributed by atoms with van der Waals surface area (Å²) in [7, 11) is 3.20. The van der Waals surface area contributed by atoms with Gasteiger partial charge in [-0.2, -0.15) is 0 Å². The van der Waals surface area contributed by atoms with Crippen LogP contribution >= 0.6 is 23.4 Å². The highest BCUT2D eigenvalue weighted by molar-refractivity contribution is 8.13. The average Bonchev–Trinajstić information content (AvgIpc) is 3.01. The van der Waals surface area contributed by atoms with Crippen LogP contribution in [0.2, 0.25) is 5.02 Å². The molecule has 0 aliphatic carbocycles. The number of amides is 3. The van der Waals surface area contributed by atoms with Gasteiger partial charge in [0.15, 0.2) is 0 Å². The summed E-state index contributed by atoms with van der Waals surface area (Å²) in [5.74, 6) is 1.52. The van der Waals surface area contributed by atoms with Crippen LogP contribution in [0.1, 0.15) is 25.8 Å². The fourth-order valence-electron chi connectivity index (χ4n) is 3.04. The number of likely N-dealkylation sites (N-methyl/N-ethyl adjacent to an activating group) is 2. The van der Waals surface area contributed by atoms with E-state index in [2.05, 4.69) is 18.8 Å². The maximum Gasteiger partial charge on any atom is 0.358 e. The predicted molar refractivity (Wildman–Crippen MR) is 109 cm³/mol. The lowest BCUT2D eigenvalue weighted by atomic mass is 10.1. The molecule has 3 rings (SSSR count). The lowest BCUT2D eigenvalue weighted by Crippen LogP contribution is -2.61. The number of fused-ring (bicyclic) bond motifs is 1. The second-order valence-electron chi connectivity index (χ2n) is 7.19. The SMILES string of the molecule is CC(C)CC[N+]1=C(SCc2ccc(Cl)cc2)N=C2C1C(=O)N(C)C(=O)N2C. The molecular formula is C19H24ClN4O2S+. The summed E-state index contributed by atoms with van der Waals surface area (Å²) >= 11 is 7.53. The minimum atomic E-state index is -0.524. The first-order valence-corrected chi connectivity index (χ1v) is 10.3. The molecule has 2 aliphatic rings. The van der Waals surface area contributed by atoms with Gasteiger partial charge in [-0.25, -0.2) is 9.37 Å². The Morgan fingerprint density at radius 2 is 1.85 bits per heavy atom. The molecule has 2 heterocycles. The minimum Gasteiger partial charge on any atom is -0.269 e. The maximum atomic E-state index is 12.8. The smallest absolute Gasteiger partial charge is 0.269 e. The van der Waals surface area contributed by atoms with Gasteiger partial charge < -0.3 is 0 Å². The van der Waals surface area contributed by atoms with Gasteiger partial charge in [0.25, 0.3) is 17.8 Å². The molecule has 0 spiro atoms. The predicted octanol–water partition coefficient (Wildman–Crippen LogP) is 3.29. The second kappa shape index (κ2) is 8.02. The molecule has 1 saturated heterocycles. The fraction of sp³-hybridized carbons (Fsp3) is 0.474. The summed E-state index contributed by atoms with van der Waals surface area (Å²) in [6.07, 6.45) is 0.943. The van der Waals surface area contributed by atoms with E-state index < -0.39 is 6.04 Å². The number of thioether (sulfide) groups is 1. The summed E-state index contributed by atoms with van der Waals surface area (Å²) in [6.45, 7) is 5.03. The van der Waals surface area contributed by atoms with Gasteiger partial charge in [0.2, 0.25) is 0 Å². The first-order valence-electron chi connectivity index (χ1n) is 8.94. The number of amidine groups is 2. The van der Waals surface area contributed by atoms with Crippen molar-refractivity contribution >= 4 is 46.3 Å².